The van der Waals surface area contributed by atoms with E-state index in [2.05, 4.69) is 5.32 Å². The van der Waals surface area contributed by atoms with E-state index in [-0.39, 0.29) is 12.5 Å². The van der Waals surface area contributed by atoms with Crippen molar-refractivity contribution in [2.24, 2.45) is 0 Å². The summed E-state index contributed by atoms with van der Waals surface area (Å²) in [7, 11) is 0. The van der Waals surface area contributed by atoms with Crippen molar-refractivity contribution in [3.05, 3.63) is 28.2 Å². The van der Waals surface area contributed by atoms with Crippen LogP contribution in [0.4, 0.5) is 0 Å². The lowest BCUT2D eigenvalue weighted by atomic mass is 10.1. The van der Waals surface area contributed by atoms with Crippen LogP contribution in [-0.4, -0.2) is 42.6 Å². The van der Waals surface area contributed by atoms with Gasteiger partial charge in [0.15, 0.2) is 6.61 Å². The molecule has 0 aliphatic carbocycles. The van der Waals surface area contributed by atoms with Crippen LogP contribution in [-0.2, 0) is 4.79 Å². The smallest absolute Gasteiger partial charge is 0.261 e. The first-order chi connectivity index (χ1) is 10.1. The fourth-order valence-electron chi connectivity index (χ4n) is 3.22. The molecule has 21 heavy (non-hydrogen) atoms. The van der Waals surface area contributed by atoms with Gasteiger partial charge >= 0.3 is 0 Å². The first kappa shape index (κ1) is 14.9. The SMILES string of the molecule is O=C(COc1cc(Cl)cc(Cl)c1)N1C2CCNCC1CC2. The van der Waals surface area contributed by atoms with Crippen molar-refractivity contribution in [1.29, 1.82) is 0 Å². The molecule has 2 heterocycles. The minimum absolute atomic E-state index is 0.0314. The molecule has 6 heteroatoms. The largest absolute Gasteiger partial charge is 0.484 e. The molecule has 0 radical (unpaired) electrons. The topological polar surface area (TPSA) is 41.6 Å². The van der Waals surface area contributed by atoms with Crippen molar-refractivity contribution in [2.75, 3.05) is 19.7 Å². The van der Waals surface area contributed by atoms with Crippen molar-refractivity contribution in [3.8, 4) is 5.75 Å². The molecule has 2 aliphatic rings. The van der Waals surface area contributed by atoms with Crippen molar-refractivity contribution in [2.45, 2.75) is 31.3 Å². The second kappa shape index (κ2) is 6.42. The van der Waals surface area contributed by atoms with E-state index in [1.807, 2.05) is 4.90 Å². The van der Waals surface area contributed by atoms with Crippen LogP contribution < -0.4 is 10.1 Å². The first-order valence-electron chi connectivity index (χ1n) is 7.24. The average molecular weight is 329 g/mol. The number of fused-ring (bicyclic) bond motifs is 2. The monoisotopic (exact) mass is 328 g/mol. The Morgan fingerprint density at radius 2 is 1.90 bits per heavy atom. The van der Waals surface area contributed by atoms with Gasteiger partial charge in [-0.05, 0) is 44.0 Å². The molecule has 2 atom stereocenters. The number of ether oxygens (including phenoxy) is 1. The average Bonchev–Trinajstić information content (AvgIpc) is 2.68. The number of amides is 1. The van der Waals surface area contributed by atoms with Crippen LogP contribution in [0, 0.1) is 0 Å². The summed E-state index contributed by atoms with van der Waals surface area (Å²) in [6.45, 7) is 1.89. The summed E-state index contributed by atoms with van der Waals surface area (Å²) in [5.41, 5.74) is 0. The fourth-order valence-corrected chi connectivity index (χ4v) is 3.73. The summed E-state index contributed by atoms with van der Waals surface area (Å²) in [6.07, 6.45) is 3.19. The van der Waals surface area contributed by atoms with E-state index in [9.17, 15) is 4.79 Å². The molecule has 0 aromatic heterocycles. The van der Waals surface area contributed by atoms with E-state index in [1.54, 1.807) is 18.2 Å². The Balaban J connectivity index is 1.63. The number of nitrogens with one attached hydrogen (secondary N) is 1. The summed E-state index contributed by atoms with van der Waals surface area (Å²) < 4.78 is 5.57. The number of carbonyl (C=O) groups is 1. The Morgan fingerprint density at radius 1 is 1.19 bits per heavy atom. The van der Waals surface area contributed by atoms with Crippen LogP contribution in [0.1, 0.15) is 19.3 Å². The van der Waals surface area contributed by atoms with Gasteiger partial charge in [0, 0.05) is 28.7 Å². The summed E-state index contributed by atoms with van der Waals surface area (Å²) >= 11 is 11.8. The Labute approximate surface area is 134 Å². The number of benzene rings is 1. The van der Waals surface area contributed by atoms with Gasteiger partial charge in [-0.1, -0.05) is 23.2 Å². The minimum atomic E-state index is 0.0314. The second-order valence-corrected chi connectivity index (χ2v) is 6.45. The van der Waals surface area contributed by atoms with Gasteiger partial charge in [-0.15, -0.1) is 0 Å². The van der Waals surface area contributed by atoms with Crippen LogP contribution in [0.5, 0.6) is 5.75 Å². The number of hydrogen-bond donors (Lipinski definition) is 1. The van der Waals surface area contributed by atoms with E-state index in [4.69, 9.17) is 27.9 Å². The van der Waals surface area contributed by atoms with Gasteiger partial charge in [-0.3, -0.25) is 4.79 Å². The first-order valence-corrected chi connectivity index (χ1v) is 8.00. The highest BCUT2D eigenvalue weighted by Gasteiger charge is 2.37. The molecule has 2 bridgehead atoms. The van der Waals surface area contributed by atoms with Crippen molar-refractivity contribution in [1.82, 2.24) is 10.2 Å². The third-order valence-electron chi connectivity index (χ3n) is 4.14. The van der Waals surface area contributed by atoms with Crippen LogP contribution in [0.25, 0.3) is 0 Å². The van der Waals surface area contributed by atoms with Crippen molar-refractivity contribution < 1.29 is 9.53 Å². The summed E-state index contributed by atoms with van der Waals surface area (Å²) in [5.74, 6) is 0.573. The number of rotatable bonds is 3. The van der Waals surface area contributed by atoms with Gasteiger partial charge in [0.25, 0.3) is 5.91 Å². The molecule has 1 aromatic carbocycles. The zero-order valence-electron chi connectivity index (χ0n) is 11.6. The molecular weight excluding hydrogens is 311 g/mol. The third-order valence-corrected chi connectivity index (χ3v) is 4.58. The summed E-state index contributed by atoms with van der Waals surface area (Å²) in [5, 5.41) is 4.39. The van der Waals surface area contributed by atoms with Crippen LogP contribution in [0.2, 0.25) is 10.0 Å². The van der Waals surface area contributed by atoms with Crippen molar-refractivity contribution in [3.63, 3.8) is 0 Å². The predicted molar refractivity (Wildman–Crippen MR) is 83.1 cm³/mol. The molecule has 1 N–H and O–H groups in total. The standard InChI is InChI=1S/C15H18Cl2N2O2/c16-10-5-11(17)7-14(6-10)21-9-15(20)19-12-1-2-13(19)8-18-4-3-12/h5-7,12-13,18H,1-4,8-9H2. The number of halogens is 2. The molecular formula is C15H18Cl2N2O2. The van der Waals surface area contributed by atoms with Crippen molar-refractivity contribution >= 4 is 29.1 Å². The fraction of sp³-hybridized carbons (Fsp3) is 0.533. The summed E-state index contributed by atoms with van der Waals surface area (Å²) in [4.78, 5) is 14.5. The Morgan fingerprint density at radius 3 is 2.67 bits per heavy atom. The van der Waals surface area contributed by atoms with Gasteiger partial charge in [0.05, 0.1) is 0 Å². The highest BCUT2D eigenvalue weighted by Crippen LogP contribution is 2.28. The van der Waals surface area contributed by atoms with Crippen LogP contribution in [0.3, 0.4) is 0 Å². The molecule has 114 valence electrons. The Kier molecular flexibility index (Phi) is 4.57. The summed E-state index contributed by atoms with van der Waals surface area (Å²) in [6, 6.07) is 5.62. The molecule has 2 fully saturated rings. The van der Waals surface area contributed by atoms with Gasteiger partial charge in [-0.25, -0.2) is 0 Å². The maximum absolute atomic E-state index is 12.5. The second-order valence-electron chi connectivity index (χ2n) is 5.57. The highest BCUT2D eigenvalue weighted by molar-refractivity contribution is 6.34. The number of carbonyl (C=O) groups excluding carboxylic acids is 1. The quantitative estimate of drug-likeness (QED) is 0.927. The van der Waals surface area contributed by atoms with E-state index < -0.39 is 0 Å². The van der Waals surface area contributed by atoms with Crippen LogP contribution in [0.15, 0.2) is 18.2 Å². The minimum Gasteiger partial charge on any atom is -0.484 e. The van der Waals surface area contributed by atoms with E-state index in [1.165, 1.54) is 0 Å². The molecule has 3 rings (SSSR count). The van der Waals surface area contributed by atoms with Gasteiger partial charge < -0.3 is 15.0 Å². The maximum Gasteiger partial charge on any atom is 0.261 e. The van der Waals surface area contributed by atoms with E-state index in [0.29, 0.717) is 27.9 Å². The number of nitrogens with zero attached hydrogens (tertiary/aromatic N) is 1. The van der Waals surface area contributed by atoms with Gasteiger partial charge in [-0.2, -0.15) is 0 Å². The molecule has 1 amide bonds. The lowest BCUT2D eigenvalue weighted by molar-refractivity contribution is -0.136. The zero-order valence-corrected chi connectivity index (χ0v) is 13.2. The Bertz CT molecular complexity index is 504. The van der Waals surface area contributed by atoms with Gasteiger partial charge in [0.1, 0.15) is 5.75 Å². The molecule has 2 unspecified atom stereocenters. The maximum atomic E-state index is 12.5. The van der Waals surface area contributed by atoms with Gasteiger partial charge in [0.2, 0.25) is 0 Å². The molecule has 2 aliphatic heterocycles. The van der Waals surface area contributed by atoms with E-state index in [0.717, 1.165) is 32.4 Å². The predicted octanol–water partition coefficient (Wildman–Crippen LogP) is 2.73. The zero-order chi connectivity index (χ0) is 14.8. The lowest BCUT2D eigenvalue weighted by Crippen LogP contribution is -2.44. The van der Waals surface area contributed by atoms with Crippen LogP contribution >= 0.6 is 23.2 Å². The highest BCUT2D eigenvalue weighted by atomic mass is 35.5. The number of hydrogen-bond acceptors (Lipinski definition) is 3. The molecule has 0 saturated carbocycles. The molecule has 4 nitrogen and oxygen atoms in total. The molecule has 0 spiro atoms. The Hall–Kier alpha value is -0.970. The third kappa shape index (κ3) is 3.44. The molecule has 2 saturated heterocycles. The molecule has 1 aromatic rings. The lowest BCUT2D eigenvalue weighted by Gasteiger charge is -2.27. The normalized spacial score (nSPS) is 24.8. The van der Waals surface area contributed by atoms with E-state index >= 15 is 0 Å².